The zero-order valence-corrected chi connectivity index (χ0v) is 9.32. The molecule has 0 bridgehead atoms. The molecular formula is C9H18N6. The van der Waals surface area contributed by atoms with Crippen LogP contribution in [0.4, 0.5) is 5.95 Å². The zero-order valence-electron chi connectivity index (χ0n) is 9.32. The van der Waals surface area contributed by atoms with E-state index >= 15 is 0 Å². The number of aromatic nitrogens is 4. The van der Waals surface area contributed by atoms with Crippen molar-refractivity contribution in [1.29, 1.82) is 0 Å². The van der Waals surface area contributed by atoms with Gasteiger partial charge in [-0.1, -0.05) is 12.0 Å². The topological polar surface area (TPSA) is 67.7 Å². The minimum absolute atomic E-state index is 0.310. The third-order valence-electron chi connectivity index (χ3n) is 2.98. The fourth-order valence-corrected chi connectivity index (χ4v) is 1.94. The second kappa shape index (κ2) is 4.14. The Kier molecular flexibility index (Phi) is 2.86. The van der Waals surface area contributed by atoms with Crippen LogP contribution in [-0.4, -0.2) is 39.8 Å². The lowest BCUT2D eigenvalue weighted by Crippen LogP contribution is -2.42. The maximum atomic E-state index is 3.90. The molecule has 0 spiro atoms. The molecule has 0 amide bonds. The van der Waals surface area contributed by atoms with Crippen molar-refractivity contribution in [3.63, 3.8) is 0 Å². The molecule has 0 aliphatic carbocycles. The second-order valence-corrected chi connectivity index (χ2v) is 4.57. The van der Waals surface area contributed by atoms with E-state index in [-0.39, 0.29) is 0 Å². The lowest BCUT2D eigenvalue weighted by Gasteiger charge is -2.34. The molecule has 2 heterocycles. The van der Waals surface area contributed by atoms with Crippen LogP contribution in [0.3, 0.4) is 0 Å². The number of nitrogens with zero attached hydrogens (tertiary/aromatic N) is 4. The van der Waals surface area contributed by atoms with Crippen LogP contribution in [-0.2, 0) is 7.05 Å². The van der Waals surface area contributed by atoms with Crippen LogP contribution in [0.2, 0.25) is 0 Å². The van der Waals surface area contributed by atoms with Gasteiger partial charge in [-0.25, -0.2) is 4.68 Å². The van der Waals surface area contributed by atoms with Crippen molar-refractivity contribution in [2.24, 2.45) is 12.5 Å². The summed E-state index contributed by atoms with van der Waals surface area (Å²) in [6, 6.07) is 0. The predicted molar refractivity (Wildman–Crippen MR) is 57.5 cm³/mol. The number of piperidine rings is 1. The van der Waals surface area contributed by atoms with Gasteiger partial charge in [0, 0.05) is 20.1 Å². The summed E-state index contributed by atoms with van der Waals surface area (Å²) in [6.07, 6.45) is 2.49. The first-order valence-electron chi connectivity index (χ1n) is 5.37. The molecule has 6 heteroatoms. The van der Waals surface area contributed by atoms with Crippen molar-refractivity contribution in [1.82, 2.24) is 25.5 Å². The van der Waals surface area contributed by atoms with Gasteiger partial charge in [0.1, 0.15) is 0 Å². The molecule has 84 valence electrons. The maximum absolute atomic E-state index is 3.90. The molecule has 1 saturated heterocycles. The number of rotatable bonds is 3. The van der Waals surface area contributed by atoms with Crippen molar-refractivity contribution >= 4 is 5.95 Å². The van der Waals surface area contributed by atoms with Gasteiger partial charge in [-0.2, -0.15) is 0 Å². The standard InChI is InChI=1S/C9H18N6/c1-9(4-3-5-10-6-9)7-11-8-12-13-14-15(8)2/h10H,3-7H2,1-2H3,(H,11,12,14). The average Bonchev–Trinajstić information content (AvgIpc) is 2.62. The van der Waals surface area contributed by atoms with Gasteiger partial charge in [0.15, 0.2) is 0 Å². The summed E-state index contributed by atoms with van der Waals surface area (Å²) in [6.45, 7) is 5.40. The Morgan fingerprint density at radius 3 is 3.07 bits per heavy atom. The van der Waals surface area contributed by atoms with E-state index in [9.17, 15) is 0 Å². The van der Waals surface area contributed by atoms with Gasteiger partial charge < -0.3 is 10.6 Å². The summed E-state index contributed by atoms with van der Waals surface area (Å²) in [4.78, 5) is 0. The number of aryl methyl sites for hydroxylation is 1. The summed E-state index contributed by atoms with van der Waals surface area (Å²) in [5, 5.41) is 18.0. The first-order valence-corrected chi connectivity index (χ1v) is 5.37. The molecule has 1 unspecified atom stereocenters. The third kappa shape index (κ3) is 2.44. The molecule has 0 saturated carbocycles. The SMILES string of the molecule is Cn1nnnc1NCC1(C)CCCNC1. The van der Waals surface area contributed by atoms with E-state index in [1.807, 2.05) is 7.05 Å². The van der Waals surface area contributed by atoms with Crippen LogP contribution in [0.15, 0.2) is 0 Å². The fourth-order valence-electron chi connectivity index (χ4n) is 1.94. The molecule has 6 nitrogen and oxygen atoms in total. The normalized spacial score (nSPS) is 26.5. The monoisotopic (exact) mass is 210 g/mol. The largest absolute Gasteiger partial charge is 0.352 e. The summed E-state index contributed by atoms with van der Waals surface area (Å²) >= 11 is 0. The average molecular weight is 210 g/mol. The first kappa shape index (κ1) is 10.4. The minimum atomic E-state index is 0.310. The Morgan fingerprint density at radius 1 is 1.60 bits per heavy atom. The van der Waals surface area contributed by atoms with E-state index in [0.29, 0.717) is 5.41 Å². The van der Waals surface area contributed by atoms with Crippen LogP contribution in [0.5, 0.6) is 0 Å². The number of anilines is 1. The van der Waals surface area contributed by atoms with E-state index in [0.717, 1.165) is 25.6 Å². The lowest BCUT2D eigenvalue weighted by molar-refractivity contribution is 0.253. The zero-order chi connectivity index (χ0) is 10.7. The highest BCUT2D eigenvalue weighted by Gasteiger charge is 2.26. The molecule has 0 radical (unpaired) electrons. The van der Waals surface area contributed by atoms with Crippen LogP contribution >= 0.6 is 0 Å². The minimum Gasteiger partial charge on any atom is -0.352 e. The summed E-state index contributed by atoms with van der Waals surface area (Å²) in [5.74, 6) is 0.738. The van der Waals surface area contributed by atoms with E-state index in [2.05, 4.69) is 33.1 Å². The molecule has 1 aromatic heterocycles. The highest BCUT2D eigenvalue weighted by atomic mass is 15.6. The second-order valence-electron chi connectivity index (χ2n) is 4.57. The lowest BCUT2D eigenvalue weighted by atomic mass is 9.83. The van der Waals surface area contributed by atoms with Gasteiger partial charge in [-0.3, -0.25) is 0 Å². The Labute approximate surface area is 89.4 Å². The van der Waals surface area contributed by atoms with Crippen molar-refractivity contribution in [3.05, 3.63) is 0 Å². The quantitative estimate of drug-likeness (QED) is 0.735. The van der Waals surface area contributed by atoms with E-state index in [1.165, 1.54) is 12.8 Å². The smallest absolute Gasteiger partial charge is 0.242 e. The van der Waals surface area contributed by atoms with Crippen molar-refractivity contribution in [3.8, 4) is 0 Å². The maximum Gasteiger partial charge on any atom is 0.242 e. The van der Waals surface area contributed by atoms with Gasteiger partial charge in [0.05, 0.1) is 0 Å². The molecule has 1 atom stereocenters. The number of tetrazole rings is 1. The molecule has 0 aromatic carbocycles. The summed E-state index contributed by atoms with van der Waals surface area (Å²) in [7, 11) is 1.84. The third-order valence-corrected chi connectivity index (χ3v) is 2.98. The van der Waals surface area contributed by atoms with Gasteiger partial charge in [0.25, 0.3) is 0 Å². The molecule has 1 aliphatic rings. The molecule has 2 N–H and O–H groups in total. The predicted octanol–water partition coefficient (Wildman–Crippen LogP) is 0.0117. The van der Waals surface area contributed by atoms with E-state index < -0.39 is 0 Å². The van der Waals surface area contributed by atoms with Crippen LogP contribution < -0.4 is 10.6 Å². The highest BCUT2D eigenvalue weighted by molar-refractivity contribution is 5.21. The number of hydrogen-bond acceptors (Lipinski definition) is 5. The van der Waals surface area contributed by atoms with Gasteiger partial charge in [-0.15, -0.1) is 0 Å². The Hall–Kier alpha value is -1.17. The van der Waals surface area contributed by atoms with Crippen molar-refractivity contribution in [2.75, 3.05) is 25.0 Å². The first-order chi connectivity index (χ1) is 7.20. The Bertz CT molecular complexity index is 314. The van der Waals surface area contributed by atoms with Gasteiger partial charge >= 0.3 is 0 Å². The molecule has 1 aliphatic heterocycles. The molecule has 2 rings (SSSR count). The highest BCUT2D eigenvalue weighted by Crippen LogP contribution is 2.25. The van der Waals surface area contributed by atoms with Crippen LogP contribution in [0.1, 0.15) is 19.8 Å². The molecule has 15 heavy (non-hydrogen) atoms. The molecular weight excluding hydrogens is 192 g/mol. The van der Waals surface area contributed by atoms with Crippen molar-refractivity contribution in [2.45, 2.75) is 19.8 Å². The Morgan fingerprint density at radius 2 is 2.47 bits per heavy atom. The van der Waals surface area contributed by atoms with Crippen LogP contribution in [0.25, 0.3) is 0 Å². The van der Waals surface area contributed by atoms with E-state index in [1.54, 1.807) is 4.68 Å². The van der Waals surface area contributed by atoms with E-state index in [4.69, 9.17) is 0 Å². The molecule has 1 aromatic rings. The Balaban J connectivity index is 1.89. The van der Waals surface area contributed by atoms with Gasteiger partial charge in [-0.05, 0) is 35.2 Å². The molecule has 1 fully saturated rings. The summed E-state index contributed by atoms with van der Waals surface area (Å²) in [5.41, 5.74) is 0.310. The van der Waals surface area contributed by atoms with Gasteiger partial charge in [0.2, 0.25) is 5.95 Å². The van der Waals surface area contributed by atoms with Crippen LogP contribution in [0, 0.1) is 5.41 Å². The summed E-state index contributed by atoms with van der Waals surface area (Å²) < 4.78 is 1.65. The number of hydrogen-bond donors (Lipinski definition) is 2. The fraction of sp³-hybridized carbons (Fsp3) is 0.889. The van der Waals surface area contributed by atoms with Crippen molar-refractivity contribution < 1.29 is 0 Å². The number of nitrogens with one attached hydrogen (secondary N) is 2.